The van der Waals surface area contributed by atoms with Crippen molar-refractivity contribution in [2.24, 2.45) is 0 Å². The Balaban J connectivity index is 1.31. The van der Waals surface area contributed by atoms with Gasteiger partial charge in [0, 0.05) is 43.4 Å². The molecule has 47 heavy (non-hydrogen) atoms. The zero-order valence-electron chi connectivity index (χ0n) is 25.1. The van der Waals surface area contributed by atoms with Crippen molar-refractivity contribution in [1.29, 1.82) is 5.26 Å². The molecule has 0 spiro atoms. The predicted molar refractivity (Wildman–Crippen MR) is 191 cm³/mol. The van der Waals surface area contributed by atoms with Crippen LogP contribution >= 0.6 is 0 Å². The maximum absolute atomic E-state index is 9.78. The van der Waals surface area contributed by atoms with E-state index in [-0.39, 0.29) is 0 Å². The molecule has 0 amide bonds. The van der Waals surface area contributed by atoms with Gasteiger partial charge in [-0.15, -0.1) is 0 Å². The molecule has 4 nitrogen and oxygen atoms in total. The lowest BCUT2D eigenvalue weighted by atomic mass is 9.95. The third-order valence-corrected chi connectivity index (χ3v) is 9.42. The van der Waals surface area contributed by atoms with Crippen molar-refractivity contribution >= 4 is 65.7 Å². The summed E-state index contributed by atoms with van der Waals surface area (Å²) in [4.78, 5) is 0. The van der Waals surface area contributed by atoms with E-state index < -0.39 is 0 Å². The first-order valence-electron chi connectivity index (χ1n) is 15.7. The number of para-hydroxylation sites is 4. The fraction of sp³-hybridized carbons (Fsp3) is 0. The van der Waals surface area contributed by atoms with E-state index in [0.29, 0.717) is 5.56 Å². The molecule has 0 atom stereocenters. The zero-order valence-corrected chi connectivity index (χ0v) is 25.1. The Bertz CT molecular complexity index is 2920. The largest absolute Gasteiger partial charge is 0.455 e. The molecule has 3 aromatic heterocycles. The van der Waals surface area contributed by atoms with Crippen LogP contribution in [0.5, 0.6) is 0 Å². The Kier molecular flexibility index (Phi) is 5.32. The fourth-order valence-corrected chi connectivity index (χ4v) is 7.32. The third-order valence-electron chi connectivity index (χ3n) is 9.42. The molecule has 0 fully saturated rings. The van der Waals surface area contributed by atoms with Crippen LogP contribution in [0.1, 0.15) is 5.56 Å². The average molecular weight is 601 g/mol. The van der Waals surface area contributed by atoms with Crippen molar-refractivity contribution in [2.45, 2.75) is 0 Å². The van der Waals surface area contributed by atoms with Crippen molar-refractivity contribution in [3.63, 3.8) is 0 Å². The number of hydrogen-bond donors (Lipinski definition) is 0. The molecule has 0 radical (unpaired) electrons. The van der Waals surface area contributed by atoms with Gasteiger partial charge in [0.1, 0.15) is 16.7 Å². The first-order valence-corrected chi connectivity index (χ1v) is 15.7. The number of rotatable bonds is 3. The van der Waals surface area contributed by atoms with Gasteiger partial charge in [-0.1, -0.05) is 103 Å². The summed E-state index contributed by atoms with van der Waals surface area (Å²) in [5.41, 5.74) is 11.1. The number of furan rings is 2. The second kappa shape index (κ2) is 9.71. The van der Waals surface area contributed by atoms with E-state index >= 15 is 0 Å². The number of nitriles is 1. The normalized spacial score (nSPS) is 11.8. The van der Waals surface area contributed by atoms with Crippen molar-refractivity contribution in [3.8, 4) is 34.0 Å². The molecule has 0 saturated carbocycles. The van der Waals surface area contributed by atoms with Gasteiger partial charge in [-0.05, 0) is 53.6 Å². The number of hydrogen-bond acceptors (Lipinski definition) is 3. The minimum absolute atomic E-state index is 0.620. The van der Waals surface area contributed by atoms with E-state index in [0.717, 1.165) is 93.6 Å². The molecule has 0 saturated heterocycles. The van der Waals surface area contributed by atoms with Gasteiger partial charge in [-0.25, -0.2) is 0 Å². The minimum atomic E-state index is 0.620. The van der Waals surface area contributed by atoms with Crippen LogP contribution in [-0.2, 0) is 0 Å². The summed E-state index contributed by atoms with van der Waals surface area (Å²) in [6.07, 6.45) is 0. The Hall–Kier alpha value is -6.57. The SMILES string of the molecule is N#Cc1ccc2c3ccccc3n(-c3cccc4c3oc3c(-c5ccccc5)cc(-c5cccc6c5oc5ccccc56)cc34)c2c1. The van der Waals surface area contributed by atoms with Crippen LogP contribution in [0, 0.1) is 11.3 Å². The number of benzene rings is 7. The molecule has 218 valence electrons. The highest BCUT2D eigenvalue weighted by atomic mass is 16.3. The molecule has 0 aliphatic rings. The van der Waals surface area contributed by atoms with Crippen LogP contribution in [0.3, 0.4) is 0 Å². The maximum Gasteiger partial charge on any atom is 0.159 e. The second-order valence-corrected chi connectivity index (χ2v) is 12.0. The predicted octanol–water partition coefficient (Wildman–Crippen LogP) is 11.8. The molecule has 0 unspecified atom stereocenters. The molecule has 0 N–H and O–H groups in total. The fourth-order valence-electron chi connectivity index (χ4n) is 7.32. The summed E-state index contributed by atoms with van der Waals surface area (Å²) >= 11 is 0. The van der Waals surface area contributed by atoms with Crippen molar-refractivity contribution in [2.75, 3.05) is 0 Å². The zero-order chi connectivity index (χ0) is 31.1. The Labute approximate surface area is 268 Å². The molecule has 0 aliphatic carbocycles. The molecular weight excluding hydrogens is 576 g/mol. The summed E-state index contributed by atoms with van der Waals surface area (Å²) < 4.78 is 15.7. The van der Waals surface area contributed by atoms with E-state index in [4.69, 9.17) is 8.83 Å². The lowest BCUT2D eigenvalue weighted by molar-refractivity contribution is 0.667. The Morgan fingerprint density at radius 2 is 1.15 bits per heavy atom. The van der Waals surface area contributed by atoms with Gasteiger partial charge in [-0.3, -0.25) is 0 Å². The first-order chi connectivity index (χ1) is 23.3. The lowest BCUT2D eigenvalue weighted by Gasteiger charge is -2.08. The molecule has 0 aliphatic heterocycles. The lowest BCUT2D eigenvalue weighted by Crippen LogP contribution is -1.94. The highest BCUT2D eigenvalue weighted by molar-refractivity contribution is 6.17. The first kappa shape index (κ1) is 25.7. The topological polar surface area (TPSA) is 55.0 Å². The van der Waals surface area contributed by atoms with Crippen LogP contribution in [0.2, 0.25) is 0 Å². The second-order valence-electron chi connectivity index (χ2n) is 12.0. The molecule has 10 rings (SSSR count). The smallest absolute Gasteiger partial charge is 0.159 e. The van der Waals surface area contributed by atoms with Gasteiger partial charge < -0.3 is 13.4 Å². The van der Waals surface area contributed by atoms with Gasteiger partial charge in [0.15, 0.2) is 5.58 Å². The quantitative estimate of drug-likeness (QED) is 0.203. The van der Waals surface area contributed by atoms with Crippen molar-refractivity contribution < 1.29 is 8.83 Å². The van der Waals surface area contributed by atoms with Crippen molar-refractivity contribution in [1.82, 2.24) is 4.57 Å². The Morgan fingerprint density at radius 3 is 2.02 bits per heavy atom. The molecule has 0 bridgehead atoms. The highest BCUT2D eigenvalue weighted by Gasteiger charge is 2.21. The van der Waals surface area contributed by atoms with E-state index in [1.165, 1.54) is 0 Å². The van der Waals surface area contributed by atoms with E-state index in [2.05, 4.69) is 120 Å². The third kappa shape index (κ3) is 3.69. The molecular formula is C43H24N2O2. The van der Waals surface area contributed by atoms with Gasteiger partial charge >= 0.3 is 0 Å². The van der Waals surface area contributed by atoms with Crippen LogP contribution in [-0.4, -0.2) is 4.57 Å². The summed E-state index contributed by atoms with van der Waals surface area (Å²) in [5.74, 6) is 0. The summed E-state index contributed by atoms with van der Waals surface area (Å²) in [6, 6.07) is 52.4. The summed E-state index contributed by atoms with van der Waals surface area (Å²) in [7, 11) is 0. The molecule has 7 aromatic carbocycles. The summed E-state index contributed by atoms with van der Waals surface area (Å²) in [5, 5.41) is 16.3. The Morgan fingerprint density at radius 1 is 0.447 bits per heavy atom. The highest BCUT2D eigenvalue weighted by Crippen LogP contribution is 2.44. The van der Waals surface area contributed by atoms with Gasteiger partial charge in [-0.2, -0.15) is 5.26 Å². The molecule has 3 heterocycles. The minimum Gasteiger partial charge on any atom is -0.455 e. The van der Waals surface area contributed by atoms with Gasteiger partial charge in [0.05, 0.1) is 28.4 Å². The van der Waals surface area contributed by atoms with Crippen molar-refractivity contribution in [3.05, 3.63) is 151 Å². The average Bonchev–Trinajstić information content (AvgIpc) is 3.81. The van der Waals surface area contributed by atoms with Crippen LogP contribution in [0.15, 0.2) is 154 Å². The maximum atomic E-state index is 9.78. The van der Waals surface area contributed by atoms with E-state index in [1.807, 2.05) is 36.4 Å². The number of aromatic nitrogens is 1. The molecule has 10 aromatic rings. The van der Waals surface area contributed by atoms with Gasteiger partial charge in [0.25, 0.3) is 0 Å². The van der Waals surface area contributed by atoms with E-state index in [9.17, 15) is 5.26 Å². The standard InChI is InChI=1S/C43H24N2O2/c44-25-26-20-21-31-30-12-4-6-17-37(30)45(39(31)22-26)38-18-9-16-34-36-24-28(23-35(42(36)47-43(34)38)27-10-2-1-3-11-27)29-14-8-15-33-32-13-5-7-19-40(32)46-41(29)33/h1-24H. The van der Waals surface area contributed by atoms with Gasteiger partial charge in [0.2, 0.25) is 0 Å². The number of nitrogens with zero attached hydrogens (tertiary/aromatic N) is 2. The monoisotopic (exact) mass is 600 g/mol. The summed E-state index contributed by atoms with van der Waals surface area (Å²) in [6.45, 7) is 0. The van der Waals surface area contributed by atoms with Crippen LogP contribution in [0.4, 0.5) is 0 Å². The van der Waals surface area contributed by atoms with Crippen LogP contribution in [0.25, 0.3) is 93.6 Å². The van der Waals surface area contributed by atoms with Crippen LogP contribution < -0.4 is 0 Å². The van der Waals surface area contributed by atoms with E-state index in [1.54, 1.807) is 0 Å². The molecule has 4 heteroatoms. The number of fused-ring (bicyclic) bond motifs is 9.